The SMILES string of the molecule is C=C(C)N(C)/N=C\C/C(N)=C/N(N)Cc1cc(C(=O)Nc2cc(C(F)(F)F)ccc2NC[C@@H](O)CO)ccc1C. The predicted molar refractivity (Wildman–Crippen MR) is 150 cm³/mol. The molecule has 0 aliphatic rings. The largest absolute Gasteiger partial charge is 0.416 e. The fraction of sp³-hybridized carbons (Fsp3) is 0.333. The molecule has 13 heteroatoms. The van der Waals surface area contributed by atoms with Crippen molar-refractivity contribution in [3.05, 3.63) is 82.8 Å². The quantitative estimate of drug-likeness (QED) is 0.123. The Morgan fingerprint density at radius 3 is 2.55 bits per heavy atom. The lowest BCUT2D eigenvalue weighted by Gasteiger charge is -2.19. The zero-order valence-corrected chi connectivity index (χ0v) is 22.7. The summed E-state index contributed by atoms with van der Waals surface area (Å²) in [5, 5.41) is 31.0. The molecule has 0 bridgehead atoms. The van der Waals surface area contributed by atoms with E-state index in [1.165, 1.54) is 5.01 Å². The van der Waals surface area contributed by atoms with Gasteiger partial charge >= 0.3 is 6.18 Å². The van der Waals surface area contributed by atoms with Crippen LogP contribution in [-0.4, -0.2) is 58.7 Å². The Balaban J connectivity index is 2.21. The number of aliphatic hydroxyl groups is 2. The second kappa shape index (κ2) is 14.4. The number of nitrogens with two attached hydrogens (primary N) is 2. The van der Waals surface area contributed by atoms with Crippen LogP contribution in [0.2, 0.25) is 0 Å². The Bertz CT molecular complexity index is 1250. The Hall–Kier alpha value is -4.07. The van der Waals surface area contributed by atoms with Crippen molar-refractivity contribution in [1.29, 1.82) is 0 Å². The van der Waals surface area contributed by atoms with Crippen LogP contribution in [-0.2, 0) is 12.7 Å². The van der Waals surface area contributed by atoms with Crippen molar-refractivity contribution >= 4 is 23.5 Å². The van der Waals surface area contributed by atoms with E-state index in [-0.39, 0.29) is 30.0 Å². The number of carbonyl (C=O) groups excluding carboxylic acids is 1. The van der Waals surface area contributed by atoms with Crippen LogP contribution in [0.5, 0.6) is 0 Å². The summed E-state index contributed by atoms with van der Waals surface area (Å²) >= 11 is 0. The number of hydrazine groups is 1. The molecule has 1 amide bonds. The Kier molecular flexibility index (Phi) is 11.5. The van der Waals surface area contributed by atoms with Crippen LogP contribution < -0.4 is 22.2 Å². The molecule has 0 aliphatic carbocycles. The highest BCUT2D eigenvalue weighted by Gasteiger charge is 2.31. The maximum atomic E-state index is 13.3. The van der Waals surface area contributed by atoms with Gasteiger partial charge in [-0.1, -0.05) is 12.6 Å². The van der Waals surface area contributed by atoms with Crippen LogP contribution in [0, 0.1) is 6.92 Å². The molecular weight excluding hydrogens is 527 g/mol. The molecular formula is C27H36F3N7O3. The number of allylic oxidation sites excluding steroid dienone is 2. The molecule has 10 nitrogen and oxygen atoms in total. The molecule has 0 saturated carbocycles. The average Bonchev–Trinajstić information content (AvgIpc) is 2.87. The molecule has 0 heterocycles. The van der Waals surface area contributed by atoms with E-state index in [0.29, 0.717) is 17.7 Å². The van der Waals surface area contributed by atoms with E-state index >= 15 is 0 Å². The second-order valence-corrected chi connectivity index (χ2v) is 9.21. The highest BCUT2D eigenvalue weighted by Crippen LogP contribution is 2.34. The third-order valence-electron chi connectivity index (χ3n) is 5.76. The topological polar surface area (TPSA) is 152 Å². The first kappa shape index (κ1) is 32.1. The predicted octanol–water partition coefficient (Wildman–Crippen LogP) is 3.35. The zero-order chi connectivity index (χ0) is 30.0. The molecule has 2 aromatic carbocycles. The van der Waals surface area contributed by atoms with Crippen LogP contribution in [0.15, 0.2) is 65.7 Å². The molecule has 40 heavy (non-hydrogen) atoms. The number of hydrogen-bond donors (Lipinski definition) is 6. The van der Waals surface area contributed by atoms with Crippen molar-refractivity contribution in [2.45, 2.75) is 39.1 Å². The number of benzene rings is 2. The number of nitrogens with zero attached hydrogens (tertiary/aromatic N) is 3. The van der Waals surface area contributed by atoms with Gasteiger partial charge in [-0.3, -0.25) is 9.80 Å². The minimum absolute atomic E-state index is 0.137. The number of alkyl halides is 3. The van der Waals surface area contributed by atoms with Crippen LogP contribution in [0.25, 0.3) is 0 Å². The summed E-state index contributed by atoms with van der Waals surface area (Å²) in [7, 11) is 1.76. The maximum Gasteiger partial charge on any atom is 0.416 e. The molecule has 0 spiro atoms. The van der Waals surface area contributed by atoms with E-state index in [0.717, 1.165) is 29.5 Å². The summed E-state index contributed by atoms with van der Waals surface area (Å²) in [5.41, 5.74) is 8.02. The van der Waals surface area contributed by atoms with Crippen molar-refractivity contribution in [3.8, 4) is 0 Å². The highest BCUT2D eigenvalue weighted by molar-refractivity contribution is 6.06. The summed E-state index contributed by atoms with van der Waals surface area (Å²) in [6.45, 7) is 6.94. The summed E-state index contributed by atoms with van der Waals surface area (Å²) in [6, 6.07) is 7.64. The molecule has 0 fully saturated rings. The van der Waals surface area contributed by atoms with Gasteiger partial charge in [0.2, 0.25) is 0 Å². The first-order chi connectivity index (χ1) is 18.7. The van der Waals surface area contributed by atoms with Gasteiger partial charge in [-0.05, 0) is 55.3 Å². The lowest BCUT2D eigenvalue weighted by molar-refractivity contribution is -0.137. The minimum atomic E-state index is -4.63. The van der Waals surface area contributed by atoms with Gasteiger partial charge in [-0.25, -0.2) is 5.84 Å². The summed E-state index contributed by atoms with van der Waals surface area (Å²) in [5.74, 6) is 5.46. The molecule has 0 unspecified atom stereocenters. The van der Waals surface area contributed by atoms with E-state index in [4.69, 9.17) is 16.7 Å². The number of anilines is 2. The number of aliphatic hydroxyl groups excluding tert-OH is 2. The van der Waals surface area contributed by atoms with Crippen molar-refractivity contribution in [2.24, 2.45) is 16.7 Å². The maximum absolute atomic E-state index is 13.3. The molecule has 0 aromatic heterocycles. The number of rotatable bonds is 13. The number of hydrogen-bond acceptors (Lipinski definition) is 9. The van der Waals surface area contributed by atoms with Gasteiger partial charge in [0.05, 0.1) is 36.2 Å². The van der Waals surface area contributed by atoms with Crippen molar-refractivity contribution in [1.82, 2.24) is 10.0 Å². The number of halogens is 3. The number of carbonyl (C=O) groups is 1. The number of amides is 1. The van der Waals surface area contributed by atoms with E-state index in [9.17, 15) is 23.1 Å². The summed E-state index contributed by atoms with van der Waals surface area (Å²) in [6.07, 6.45) is -2.27. The van der Waals surface area contributed by atoms with Gasteiger partial charge in [0.15, 0.2) is 0 Å². The van der Waals surface area contributed by atoms with Gasteiger partial charge in [0.25, 0.3) is 5.91 Å². The second-order valence-electron chi connectivity index (χ2n) is 9.21. The third kappa shape index (κ3) is 9.91. The molecule has 8 N–H and O–H groups in total. The van der Waals surface area contributed by atoms with E-state index in [2.05, 4.69) is 22.3 Å². The highest BCUT2D eigenvalue weighted by atomic mass is 19.4. The Morgan fingerprint density at radius 2 is 1.93 bits per heavy atom. The number of aryl methyl sites for hydroxylation is 1. The van der Waals surface area contributed by atoms with Gasteiger partial charge < -0.3 is 31.6 Å². The molecule has 2 aromatic rings. The third-order valence-corrected chi connectivity index (χ3v) is 5.76. The first-order valence-electron chi connectivity index (χ1n) is 12.2. The van der Waals surface area contributed by atoms with Crippen LogP contribution in [0.3, 0.4) is 0 Å². The van der Waals surface area contributed by atoms with E-state index in [1.807, 2.05) is 13.8 Å². The van der Waals surface area contributed by atoms with Crippen LogP contribution >= 0.6 is 0 Å². The van der Waals surface area contributed by atoms with Crippen molar-refractivity contribution < 1.29 is 28.2 Å². The molecule has 0 saturated heterocycles. The van der Waals surface area contributed by atoms with Crippen LogP contribution in [0.1, 0.15) is 40.4 Å². The molecule has 218 valence electrons. The number of nitrogens with one attached hydrogen (secondary N) is 2. The molecule has 1 atom stereocenters. The average molecular weight is 564 g/mol. The van der Waals surface area contributed by atoms with Gasteiger partial charge in [0, 0.05) is 49.4 Å². The zero-order valence-electron chi connectivity index (χ0n) is 22.7. The fourth-order valence-electron chi connectivity index (χ4n) is 3.32. The Labute approximate surface area is 231 Å². The normalized spacial score (nSPS) is 12.8. The summed E-state index contributed by atoms with van der Waals surface area (Å²) in [4.78, 5) is 13.1. The van der Waals surface area contributed by atoms with Gasteiger partial charge in [0.1, 0.15) is 0 Å². The van der Waals surface area contributed by atoms with E-state index in [1.54, 1.807) is 42.7 Å². The van der Waals surface area contributed by atoms with Crippen molar-refractivity contribution in [3.63, 3.8) is 0 Å². The molecule has 0 aliphatic heterocycles. The molecule has 2 rings (SSSR count). The lowest BCUT2D eigenvalue weighted by atomic mass is 10.0. The van der Waals surface area contributed by atoms with E-state index < -0.39 is 30.4 Å². The van der Waals surface area contributed by atoms with Crippen LogP contribution in [0.4, 0.5) is 24.5 Å². The van der Waals surface area contributed by atoms with Gasteiger partial charge in [-0.15, -0.1) is 0 Å². The molecule has 0 radical (unpaired) electrons. The minimum Gasteiger partial charge on any atom is -0.401 e. The Morgan fingerprint density at radius 1 is 1.23 bits per heavy atom. The van der Waals surface area contributed by atoms with Gasteiger partial charge in [-0.2, -0.15) is 18.3 Å². The standard InChI is InChI=1S/C27H36F3N7O3/c1-17(2)36(4)34-10-9-22(31)15-37(32)14-20-11-19(6-5-18(20)3)26(40)35-25-12-21(27(28,29)30)7-8-24(25)33-13-23(39)16-38/h5-8,10-12,15,23,33,38-39H,1,9,13-14,16,31-32H2,2-4H3,(H,35,40)/b22-15-,34-10-/t23-/m1/s1. The first-order valence-corrected chi connectivity index (χ1v) is 12.2. The number of hydrazone groups is 1. The monoisotopic (exact) mass is 563 g/mol. The smallest absolute Gasteiger partial charge is 0.401 e. The summed E-state index contributed by atoms with van der Waals surface area (Å²) < 4.78 is 40.0. The van der Waals surface area contributed by atoms with Crippen molar-refractivity contribution in [2.75, 3.05) is 30.8 Å². The lowest BCUT2D eigenvalue weighted by Crippen LogP contribution is -2.27. The fourth-order valence-corrected chi connectivity index (χ4v) is 3.32.